The summed E-state index contributed by atoms with van der Waals surface area (Å²) < 4.78 is 1.15. The van der Waals surface area contributed by atoms with Gasteiger partial charge in [-0.15, -0.1) is 11.3 Å². The predicted octanol–water partition coefficient (Wildman–Crippen LogP) is 3.56. The van der Waals surface area contributed by atoms with Crippen molar-refractivity contribution in [2.24, 2.45) is 0 Å². The van der Waals surface area contributed by atoms with Gasteiger partial charge in [0, 0.05) is 41.4 Å². The Bertz CT molecular complexity index is 415. The van der Waals surface area contributed by atoms with E-state index in [-0.39, 0.29) is 0 Å². The highest BCUT2D eigenvalue weighted by Gasteiger charge is 2.16. The third-order valence-corrected chi connectivity index (χ3v) is 5.59. The molecule has 2 heterocycles. The molecule has 0 radical (unpaired) electrons. The molecule has 1 saturated heterocycles. The van der Waals surface area contributed by atoms with E-state index in [0.29, 0.717) is 18.4 Å². The van der Waals surface area contributed by atoms with E-state index >= 15 is 0 Å². The molecule has 3 nitrogen and oxygen atoms in total. The fourth-order valence-corrected chi connectivity index (χ4v) is 4.15. The normalized spacial score (nSPS) is 17.5. The van der Waals surface area contributed by atoms with Crippen molar-refractivity contribution in [3.05, 3.63) is 20.8 Å². The lowest BCUT2D eigenvalue weighted by atomic mass is 10.1. The highest BCUT2D eigenvalue weighted by Crippen LogP contribution is 2.28. The Labute approximate surface area is 127 Å². The summed E-state index contributed by atoms with van der Waals surface area (Å²) in [6.07, 6.45) is 4.20. The Hall–Kier alpha value is -0.390. The molecule has 0 bridgehead atoms. The van der Waals surface area contributed by atoms with Crippen molar-refractivity contribution in [3.63, 3.8) is 0 Å². The van der Waals surface area contributed by atoms with Gasteiger partial charge in [0.25, 0.3) is 0 Å². The third kappa shape index (κ3) is 4.29. The topological polar surface area (TPSA) is 32.3 Å². The maximum atomic E-state index is 12.0. The number of thiophene rings is 1. The summed E-state index contributed by atoms with van der Waals surface area (Å²) in [7, 11) is 0. The van der Waals surface area contributed by atoms with E-state index in [4.69, 9.17) is 0 Å². The molecule has 1 aliphatic heterocycles. The van der Waals surface area contributed by atoms with Crippen LogP contribution in [0.2, 0.25) is 0 Å². The summed E-state index contributed by atoms with van der Waals surface area (Å²) in [5, 5.41) is 5.51. The van der Waals surface area contributed by atoms with E-state index in [9.17, 15) is 4.79 Å². The van der Waals surface area contributed by atoms with E-state index in [1.165, 1.54) is 11.3 Å². The molecular formula is C14H21BrN2OS. The molecule has 1 aromatic heterocycles. The van der Waals surface area contributed by atoms with Crippen molar-refractivity contribution in [1.82, 2.24) is 10.2 Å². The molecule has 1 unspecified atom stereocenters. The first-order valence-electron chi connectivity index (χ1n) is 6.92. The summed E-state index contributed by atoms with van der Waals surface area (Å²) in [6.45, 7) is 4.79. The van der Waals surface area contributed by atoms with Crippen LogP contribution in [0.5, 0.6) is 0 Å². The highest BCUT2D eigenvalue weighted by atomic mass is 79.9. The minimum absolute atomic E-state index is 0.295. The first kappa shape index (κ1) is 15.0. The number of carbonyl (C=O) groups excluding carboxylic acids is 1. The van der Waals surface area contributed by atoms with Crippen molar-refractivity contribution in [2.45, 2.75) is 38.6 Å². The van der Waals surface area contributed by atoms with Crippen LogP contribution >= 0.6 is 27.3 Å². The number of hydrogen-bond donors (Lipinski definition) is 1. The minimum atomic E-state index is 0.295. The SMILES string of the molecule is CC(NCCC(=O)N1CCCCC1)c1sccc1Br. The number of hydrogen-bond acceptors (Lipinski definition) is 3. The Kier molecular flexibility index (Phi) is 5.85. The van der Waals surface area contributed by atoms with Gasteiger partial charge in [0.05, 0.1) is 0 Å². The zero-order valence-electron chi connectivity index (χ0n) is 11.3. The first-order valence-corrected chi connectivity index (χ1v) is 8.60. The largest absolute Gasteiger partial charge is 0.343 e. The molecule has 1 N–H and O–H groups in total. The average molecular weight is 345 g/mol. The van der Waals surface area contributed by atoms with Gasteiger partial charge in [-0.1, -0.05) is 0 Å². The molecule has 1 fully saturated rings. The summed E-state index contributed by atoms with van der Waals surface area (Å²) in [4.78, 5) is 15.3. The molecule has 1 aliphatic rings. The monoisotopic (exact) mass is 344 g/mol. The lowest BCUT2D eigenvalue weighted by Gasteiger charge is -2.27. The molecule has 1 atom stereocenters. The van der Waals surface area contributed by atoms with Crippen molar-refractivity contribution in [1.29, 1.82) is 0 Å². The van der Waals surface area contributed by atoms with Gasteiger partial charge in [-0.2, -0.15) is 0 Å². The number of carbonyl (C=O) groups is 1. The second-order valence-corrected chi connectivity index (χ2v) is 6.80. The second kappa shape index (κ2) is 7.41. The van der Waals surface area contributed by atoms with E-state index in [0.717, 1.165) is 36.9 Å². The highest BCUT2D eigenvalue weighted by molar-refractivity contribution is 9.10. The van der Waals surface area contributed by atoms with E-state index in [2.05, 4.69) is 39.6 Å². The fraction of sp³-hybridized carbons (Fsp3) is 0.643. The van der Waals surface area contributed by atoms with Crippen molar-refractivity contribution >= 4 is 33.2 Å². The summed E-state index contributed by atoms with van der Waals surface area (Å²) in [5.74, 6) is 0.296. The van der Waals surface area contributed by atoms with Gasteiger partial charge in [-0.25, -0.2) is 0 Å². The maximum Gasteiger partial charge on any atom is 0.223 e. The lowest BCUT2D eigenvalue weighted by Crippen LogP contribution is -2.37. The van der Waals surface area contributed by atoms with Crippen LogP contribution in [0.25, 0.3) is 0 Å². The number of nitrogens with zero attached hydrogens (tertiary/aromatic N) is 1. The number of likely N-dealkylation sites (tertiary alicyclic amines) is 1. The minimum Gasteiger partial charge on any atom is -0.343 e. The van der Waals surface area contributed by atoms with Crippen molar-refractivity contribution < 1.29 is 4.79 Å². The molecule has 5 heteroatoms. The van der Waals surface area contributed by atoms with Gasteiger partial charge in [0.1, 0.15) is 0 Å². The molecule has 0 saturated carbocycles. The van der Waals surface area contributed by atoms with Crippen LogP contribution < -0.4 is 5.32 Å². The zero-order valence-corrected chi connectivity index (χ0v) is 13.7. The number of amides is 1. The van der Waals surface area contributed by atoms with E-state index in [1.807, 2.05) is 4.90 Å². The van der Waals surface area contributed by atoms with Gasteiger partial charge >= 0.3 is 0 Å². The third-order valence-electron chi connectivity index (χ3n) is 3.54. The molecule has 0 aromatic carbocycles. The molecule has 19 heavy (non-hydrogen) atoms. The van der Waals surface area contributed by atoms with E-state index < -0.39 is 0 Å². The van der Waals surface area contributed by atoms with Crippen LogP contribution in [-0.2, 0) is 4.79 Å². The maximum absolute atomic E-state index is 12.0. The molecular weight excluding hydrogens is 324 g/mol. The summed E-state index contributed by atoms with van der Waals surface area (Å²) >= 11 is 5.29. The van der Waals surface area contributed by atoms with E-state index in [1.54, 1.807) is 11.3 Å². The quantitative estimate of drug-likeness (QED) is 0.885. The molecule has 2 rings (SSSR count). The van der Waals surface area contributed by atoms with Gasteiger partial charge in [0.15, 0.2) is 0 Å². The summed E-state index contributed by atoms with van der Waals surface area (Å²) in [5.41, 5.74) is 0. The molecule has 1 aromatic rings. The molecule has 0 spiro atoms. The number of nitrogens with one attached hydrogen (secondary N) is 1. The fourth-order valence-electron chi connectivity index (χ4n) is 2.40. The van der Waals surface area contributed by atoms with Crippen LogP contribution in [0.4, 0.5) is 0 Å². The molecule has 1 amide bonds. The zero-order chi connectivity index (χ0) is 13.7. The van der Waals surface area contributed by atoms with Crippen LogP contribution in [0, 0.1) is 0 Å². The van der Waals surface area contributed by atoms with Crippen molar-refractivity contribution in [3.8, 4) is 0 Å². The standard InChI is InChI=1S/C14H21BrN2OS/c1-11(14-12(15)6-10-19-14)16-7-5-13(18)17-8-3-2-4-9-17/h6,10-11,16H,2-5,7-9H2,1H3. The van der Waals surface area contributed by atoms with Crippen LogP contribution in [0.3, 0.4) is 0 Å². The number of rotatable bonds is 5. The molecule has 0 aliphatic carbocycles. The van der Waals surface area contributed by atoms with Gasteiger partial charge in [-0.05, 0) is 53.6 Å². The van der Waals surface area contributed by atoms with Crippen LogP contribution in [0.15, 0.2) is 15.9 Å². The number of halogens is 1. The van der Waals surface area contributed by atoms with Gasteiger partial charge in [-0.3, -0.25) is 4.79 Å². The summed E-state index contributed by atoms with van der Waals surface area (Å²) in [6, 6.07) is 2.36. The van der Waals surface area contributed by atoms with Crippen molar-refractivity contribution in [2.75, 3.05) is 19.6 Å². The van der Waals surface area contributed by atoms with Crippen LogP contribution in [0.1, 0.15) is 43.5 Å². The molecule has 106 valence electrons. The second-order valence-electron chi connectivity index (χ2n) is 5.00. The average Bonchev–Trinajstić information content (AvgIpc) is 2.86. The van der Waals surface area contributed by atoms with Gasteiger partial charge in [0.2, 0.25) is 5.91 Å². The lowest BCUT2D eigenvalue weighted by molar-refractivity contribution is -0.131. The Morgan fingerprint density at radius 3 is 2.84 bits per heavy atom. The first-order chi connectivity index (χ1) is 9.18. The Morgan fingerprint density at radius 2 is 2.21 bits per heavy atom. The Morgan fingerprint density at radius 1 is 1.47 bits per heavy atom. The van der Waals surface area contributed by atoms with Gasteiger partial charge < -0.3 is 10.2 Å². The predicted molar refractivity (Wildman–Crippen MR) is 83.5 cm³/mol. The number of piperidine rings is 1. The Balaban J connectivity index is 1.71. The smallest absolute Gasteiger partial charge is 0.223 e. The van der Waals surface area contributed by atoms with Crippen LogP contribution in [-0.4, -0.2) is 30.4 Å².